The van der Waals surface area contributed by atoms with Crippen LogP contribution in [0.3, 0.4) is 0 Å². The lowest BCUT2D eigenvalue weighted by atomic mass is 9.91. The number of hydrogen-bond donors (Lipinski definition) is 0. The van der Waals surface area contributed by atoms with Gasteiger partial charge < -0.3 is 18.9 Å². The van der Waals surface area contributed by atoms with Crippen molar-refractivity contribution in [2.75, 3.05) is 34.0 Å². The number of nitrogens with zero attached hydrogens (tertiary/aromatic N) is 2. The highest BCUT2D eigenvalue weighted by Gasteiger charge is 2.38. The molecule has 3 atom stereocenters. The summed E-state index contributed by atoms with van der Waals surface area (Å²) in [6.07, 6.45) is 0.0856. The molecule has 1 fully saturated rings. The zero-order chi connectivity index (χ0) is 29.9. The van der Waals surface area contributed by atoms with E-state index in [0.29, 0.717) is 47.2 Å². The third-order valence-electron chi connectivity index (χ3n) is 7.25. The molecule has 1 aromatic heterocycles. The van der Waals surface area contributed by atoms with Crippen molar-refractivity contribution >= 4 is 23.0 Å². The molecule has 0 amide bonds. The Hall–Kier alpha value is -3.50. The maximum atomic E-state index is 16.9. The van der Waals surface area contributed by atoms with Gasteiger partial charge in [0.25, 0.3) is 0 Å². The van der Waals surface area contributed by atoms with E-state index in [1.165, 1.54) is 18.8 Å². The number of hydrogen-bond acceptors (Lipinski definition) is 7. The molecule has 10 heteroatoms. The van der Waals surface area contributed by atoms with Gasteiger partial charge in [-0.1, -0.05) is 12.1 Å². The largest absolute Gasteiger partial charge is 0.496 e. The topological polar surface area (TPSA) is 79.2 Å². The van der Waals surface area contributed by atoms with Crippen LogP contribution in [-0.4, -0.2) is 67.3 Å². The molecule has 1 saturated heterocycles. The van der Waals surface area contributed by atoms with E-state index < -0.39 is 36.7 Å². The van der Waals surface area contributed by atoms with E-state index in [1.54, 1.807) is 68.3 Å². The fraction of sp³-hybridized carbons (Fsp3) is 0.484. The molecule has 3 aromatic rings. The molecule has 0 spiro atoms. The summed E-state index contributed by atoms with van der Waals surface area (Å²) in [6, 6.07) is 9.82. The van der Waals surface area contributed by atoms with Gasteiger partial charge in [-0.25, -0.2) is 18.4 Å². The number of piperidine rings is 1. The first-order chi connectivity index (χ1) is 19.5. The van der Waals surface area contributed by atoms with Crippen LogP contribution in [0.25, 0.3) is 10.9 Å². The minimum atomic E-state index is -1.62. The highest BCUT2D eigenvalue weighted by Crippen LogP contribution is 2.45. The van der Waals surface area contributed by atoms with Crippen LogP contribution in [0, 0.1) is 6.92 Å². The predicted octanol–water partition coefficient (Wildman–Crippen LogP) is 6.69. The Morgan fingerprint density at radius 3 is 2.44 bits per heavy atom. The van der Waals surface area contributed by atoms with Crippen LogP contribution in [0.1, 0.15) is 73.0 Å². The Balaban J connectivity index is 1.77. The molecule has 0 saturated carbocycles. The normalized spacial score (nSPS) is 18.7. The first-order valence-electron chi connectivity index (χ1n) is 13.7. The van der Waals surface area contributed by atoms with Gasteiger partial charge in [-0.05, 0) is 75.9 Å². The van der Waals surface area contributed by atoms with E-state index in [1.807, 2.05) is 6.92 Å². The number of esters is 1. The smallest absolute Gasteiger partial charge is 0.419 e. The summed E-state index contributed by atoms with van der Waals surface area (Å²) < 4.78 is 53.0. The summed E-state index contributed by atoms with van der Waals surface area (Å²) in [5, 5.41) is 0.538. The molecule has 0 aliphatic carbocycles. The summed E-state index contributed by atoms with van der Waals surface area (Å²) in [6.45, 7) is 6.89. The monoisotopic (exact) mass is 572 g/mol. The number of aromatic nitrogens is 1. The van der Waals surface area contributed by atoms with E-state index in [9.17, 15) is 14.0 Å². The van der Waals surface area contributed by atoms with Gasteiger partial charge in [-0.2, -0.15) is 0 Å². The van der Waals surface area contributed by atoms with Crippen LogP contribution in [0.15, 0.2) is 42.6 Å². The number of aryl methyl sites for hydroxylation is 1. The third kappa shape index (κ3) is 6.54. The number of carbonyl (C=O) groups is 2. The first kappa shape index (κ1) is 30.5. The highest BCUT2D eigenvalue weighted by molar-refractivity contribution is 5.95. The lowest BCUT2D eigenvalue weighted by Gasteiger charge is -2.41. The molecule has 2 aromatic carbocycles. The summed E-state index contributed by atoms with van der Waals surface area (Å²) in [5.74, 6) is -0.106. The van der Waals surface area contributed by atoms with E-state index in [-0.39, 0.29) is 12.7 Å². The fourth-order valence-electron chi connectivity index (χ4n) is 5.44. The van der Waals surface area contributed by atoms with Gasteiger partial charge in [0.15, 0.2) is 6.30 Å². The number of halogens is 2. The van der Waals surface area contributed by atoms with E-state index in [0.717, 1.165) is 11.1 Å². The molecule has 8 nitrogen and oxygen atoms in total. The summed E-state index contributed by atoms with van der Waals surface area (Å²) in [5.41, 5.74) is 2.03. The molecule has 4 rings (SSSR count). The van der Waals surface area contributed by atoms with Gasteiger partial charge in [0.05, 0.1) is 43.6 Å². The van der Waals surface area contributed by atoms with Gasteiger partial charge in [0.1, 0.15) is 18.0 Å². The van der Waals surface area contributed by atoms with Crippen molar-refractivity contribution in [1.29, 1.82) is 0 Å². The molecule has 1 unspecified atom stereocenters. The van der Waals surface area contributed by atoms with Crippen molar-refractivity contribution < 1.29 is 37.3 Å². The number of ether oxygens (including phenoxy) is 4. The second kappa shape index (κ2) is 12.6. The van der Waals surface area contributed by atoms with Crippen molar-refractivity contribution in [2.45, 2.75) is 64.6 Å². The molecule has 0 bridgehead atoms. The zero-order valence-electron chi connectivity index (χ0n) is 24.4. The van der Waals surface area contributed by atoms with Crippen LogP contribution < -0.4 is 4.74 Å². The Bertz CT molecular complexity index is 1380. The third-order valence-corrected chi connectivity index (χ3v) is 7.25. The Kier molecular flexibility index (Phi) is 9.34. The lowest BCUT2D eigenvalue weighted by molar-refractivity contribution is -0.0582. The molecule has 2 heterocycles. The van der Waals surface area contributed by atoms with Crippen LogP contribution in [0.5, 0.6) is 5.75 Å². The average molecular weight is 573 g/mol. The van der Waals surface area contributed by atoms with Crippen LogP contribution >= 0.6 is 0 Å². The maximum Gasteiger partial charge on any atom is 0.419 e. The number of carbonyl (C=O) groups excluding carboxylic acids is 2. The molecule has 41 heavy (non-hydrogen) atoms. The number of rotatable bonds is 8. The maximum absolute atomic E-state index is 16.9. The number of likely N-dealkylation sites (tertiary alicyclic amines) is 1. The minimum absolute atomic E-state index is 0.0255. The summed E-state index contributed by atoms with van der Waals surface area (Å²) in [4.78, 5) is 26.7. The number of fused-ring (bicyclic) bond motifs is 1. The molecular weight excluding hydrogens is 534 g/mol. The Labute approximate surface area is 239 Å². The van der Waals surface area contributed by atoms with Crippen molar-refractivity contribution in [1.82, 2.24) is 9.47 Å². The van der Waals surface area contributed by atoms with Crippen molar-refractivity contribution in [3.63, 3.8) is 0 Å². The summed E-state index contributed by atoms with van der Waals surface area (Å²) >= 11 is 0. The van der Waals surface area contributed by atoms with Crippen molar-refractivity contribution in [3.05, 3.63) is 64.8 Å². The molecule has 222 valence electrons. The molecule has 1 aliphatic heterocycles. The second-order valence-corrected chi connectivity index (χ2v) is 11.1. The molecular formula is C31H38F2N2O6. The van der Waals surface area contributed by atoms with E-state index >= 15 is 4.39 Å². The molecule has 1 aliphatic rings. The lowest BCUT2D eigenvalue weighted by Crippen LogP contribution is -2.41. The van der Waals surface area contributed by atoms with Crippen LogP contribution in [0.4, 0.5) is 13.6 Å². The van der Waals surface area contributed by atoms with Crippen molar-refractivity contribution in [2.24, 2.45) is 0 Å². The molecule has 0 N–H and O–H groups in total. The zero-order valence-corrected chi connectivity index (χ0v) is 24.4. The van der Waals surface area contributed by atoms with Crippen LogP contribution in [0.2, 0.25) is 0 Å². The standard InChI is InChI=1S/C31H38F2N2O6/c1-19-17-25(38-5)26(23-12-15-35(27(19)23)30(37)41-31(2,3)4)28(33)34-14-11-22(40-16-13-32)18-24(34)20-7-9-21(10-8-20)29(36)39-6/h7-10,12,15,17,22,24,28H,11,13-14,16,18H2,1-6H3/t22-,24+,28?/m1/s1. The van der Waals surface area contributed by atoms with Gasteiger partial charge in [-0.15, -0.1) is 0 Å². The van der Waals surface area contributed by atoms with E-state index in [4.69, 9.17) is 18.9 Å². The fourth-order valence-corrected chi connectivity index (χ4v) is 5.44. The first-order valence-corrected chi connectivity index (χ1v) is 13.7. The predicted molar refractivity (Wildman–Crippen MR) is 151 cm³/mol. The van der Waals surface area contributed by atoms with Gasteiger partial charge in [0.2, 0.25) is 0 Å². The summed E-state index contributed by atoms with van der Waals surface area (Å²) in [7, 11) is 2.80. The van der Waals surface area contributed by atoms with Gasteiger partial charge >= 0.3 is 12.1 Å². The Morgan fingerprint density at radius 2 is 1.83 bits per heavy atom. The quantitative estimate of drug-likeness (QED) is 0.220. The second-order valence-electron chi connectivity index (χ2n) is 11.1. The number of methoxy groups -OCH3 is 2. The van der Waals surface area contributed by atoms with E-state index in [2.05, 4.69) is 0 Å². The van der Waals surface area contributed by atoms with Crippen LogP contribution in [-0.2, 0) is 14.2 Å². The molecule has 0 radical (unpaired) electrons. The Morgan fingerprint density at radius 1 is 1.12 bits per heavy atom. The number of alkyl halides is 2. The highest BCUT2D eigenvalue weighted by atomic mass is 19.1. The van der Waals surface area contributed by atoms with Crippen molar-refractivity contribution in [3.8, 4) is 5.75 Å². The average Bonchev–Trinajstić information content (AvgIpc) is 3.40. The number of benzene rings is 2. The van der Waals surface area contributed by atoms with Gasteiger partial charge in [0, 0.05) is 24.2 Å². The minimum Gasteiger partial charge on any atom is -0.496 e. The SMILES string of the molecule is COC(=O)c1ccc([C@@H]2C[C@H](OCCF)CCN2C(F)c2c(OC)cc(C)c3c2ccn3C(=O)OC(C)(C)C)cc1. The van der Waals surface area contributed by atoms with Gasteiger partial charge in [-0.3, -0.25) is 9.47 Å².